The molecule has 0 aliphatic carbocycles. The molecule has 1 nitrogen and oxygen atoms in total. The SMILES string of the molecule is Nc1cc(S)c2ccsc2c1Cl. The number of thiophene rings is 1. The number of rotatable bonds is 0. The summed E-state index contributed by atoms with van der Waals surface area (Å²) >= 11 is 11.9. The normalized spacial score (nSPS) is 10.8. The summed E-state index contributed by atoms with van der Waals surface area (Å²) in [6.45, 7) is 0. The van der Waals surface area contributed by atoms with Crippen molar-refractivity contribution in [1.82, 2.24) is 0 Å². The molecule has 0 fully saturated rings. The number of hydrogen-bond donors (Lipinski definition) is 2. The van der Waals surface area contributed by atoms with Crippen molar-refractivity contribution < 1.29 is 0 Å². The first kappa shape index (κ1) is 8.23. The lowest BCUT2D eigenvalue weighted by Gasteiger charge is -2.01. The van der Waals surface area contributed by atoms with Gasteiger partial charge in [-0.05, 0) is 17.5 Å². The Hall–Kier alpha value is -0.380. The van der Waals surface area contributed by atoms with Crippen molar-refractivity contribution in [1.29, 1.82) is 0 Å². The monoisotopic (exact) mass is 215 g/mol. The molecule has 1 aromatic heterocycles. The van der Waals surface area contributed by atoms with Crippen molar-refractivity contribution in [2.24, 2.45) is 0 Å². The standard InChI is InChI=1S/C8H6ClNS2/c9-7-5(10)3-6(11)4-1-2-12-8(4)7/h1-3,11H,10H2. The smallest absolute Gasteiger partial charge is 0.0814 e. The molecule has 1 heterocycles. The molecule has 0 radical (unpaired) electrons. The molecular formula is C8H6ClNS2. The molecule has 0 saturated carbocycles. The van der Waals surface area contributed by atoms with Gasteiger partial charge in [-0.2, -0.15) is 0 Å². The van der Waals surface area contributed by atoms with Crippen molar-refractivity contribution >= 4 is 51.3 Å². The number of halogens is 1. The fraction of sp³-hybridized carbons (Fsp3) is 0. The summed E-state index contributed by atoms with van der Waals surface area (Å²) in [5.74, 6) is 0. The number of nitrogen functional groups attached to an aromatic ring is 1. The summed E-state index contributed by atoms with van der Waals surface area (Å²) in [6, 6.07) is 3.77. The average Bonchev–Trinajstić information content (AvgIpc) is 2.48. The van der Waals surface area contributed by atoms with E-state index in [1.165, 1.54) is 0 Å². The minimum atomic E-state index is 0.594. The molecule has 2 rings (SSSR count). The number of thiol groups is 1. The van der Waals surface area contributed by atoms with Crippen LogP contribution in [0.1, 0.15) is 0 Å². The van der Waals surface area contributed by atoms with Crippen LogP contribution >= 0.6 is 35.6 Å². The van der Waals surface area contributed by atoms with Gasteiger partial charge >= 0.3 is 0 Å². The zero-order chi connectivity index (χ0) is 8.72. The van der Waals surface area contributed by atoms with E-state index in [0.717, 1.165) is 15.0 Å². The zero-order valence-corrected chi connectivity index (χ0v) is 8.51. The van der Waals surface area contributed by atoms with Gasteiger partial charge in [0.25, 0.3) is 0 Å². The maximum Gasteiger partial charge on any atom is 0.0814 e. The van der Waals surface area contributed by atoms with Crippen molar-refractivity contribution in [2.45, 2.75) is 4.90 Å². The molecular weight excluding hydrogens is 210 g/mol. The Morgan fingerprint density at radius 2 is 2.25 bits per heavy atom. The van der Waals surface area contributed by atoms with Gasteiger partial charge in [0.1, 0.15) is 0 Å². The van der Waals surface area contributed by atoms with Gasteiger partial charge < -0.3 is 5.73 Å². The molecule has 0 bridgehead atoms. The molecule has 0 atom stereocenters. The largest absolute Gasteiger partial charge is 0.397 e. The van der Waals surface area contributed by atoms with Gasteiger partial charge in [-0.1, -0.05) is 11.6 Å². The summed E-state index contributed by atoms with van der Waals surface area (Å²) in [5.41, 5.74) is 6.27. The molecule has 0 saturated heterocycles. The Morgan fingerprint density at radius 1 is 1.50 bits per heavy atom. The molecule has 62 valence electrons. The van der Waals surface area contributed by atoms with Crippen LogP contribution in [0, 0.1) is 0 Å². The highest BCUT2D eigenvalue weighted by atomic mass is 35.5. The average molecular weight is 216 g/mol. The second-order valence-corrected chi connectivity index (χ2v) is 4.24. The number of benzene rings is 1. The third kappa shape index (κ3) is 1.09. The van der Waals surface area contributed by atoms with E-state index in [1.807, 2.05) is 11.4 Å². The molecule has 12 heavy (non-hydrogen) atoms. The molecule has 2 aromatic rings. The maximum absolute atomic E-state index is 5.99. The van der Waals surface area contributed by atoms with Crippen molar-refractivity contribution in [3.8, 4) is 0 Å². The third-order valence-corrected chi connectivity index (χ3v) is 3.51. The minimum Gasteiger partial charge on any atom is -0.397 e. The van der Waals surface area contributed by atoms with E-state index >= 15 is 0 Å². The molecule has 0 spiro atoms. The van der Waals surface area contributed by atoms with Gasteiger partial charge in [0, 0.05) is 10.3 Å². The Morgan fingerprint density at radius 3 is 3.00 bits per heavy atom. The Kier molecular flexibility index (Phi) is 1.94. The van der Waals surface area contributed by atoms with Crippen LogP contribution in [0.25, 0.3) is 10.1 Å². The van der Waals surface area contributed by atoms with Crippen LogP contribution in [0.15, 0.2) is 22.4 Å². The molecule has 4 heteroatoms. The molecule has 1 aromatic carbocycles. The summed E-state index contributed by atoms with van der Waals surface area (Å²) in [7, 11) is 0. The first-order valence-electron chi connectivity index (χ1n) is 3.34. The van der Waals surface area contributed by atoms with Gasteiger partial charge in [0.2, 0.25) is 0 Å². The number of anilines is 1. The van der Waals surface area contributed by atoms with Gasteiger partial charge in [-0.3, -0.25) is 0 Å². The summed E-state index contributed by atoms with van der Waals surface area (Å²) < 4.78 is 1.02. The topological polar surface area (TPSA) is 26.0 Å². The minimum absolute atomic E-state index is 0.594. The lowest BCUT2D eigenvalue weighted by molar-refractivity contribution is 1.58. The zero-order valence-electron chi connectivity index (χ0n) is 6.04. The van der Waals surface area contributed by atoms with Crippen molar-refractivity contribution in [2.75, 3.05) is 5.73 Å². The van der Waals surface area contributed by atoms with Gasteiger partial charge in [0.05, 0.1) is 15.4 Å². The molecule has 0 amide bonds. The lowest BCUT2D eigenvalue weighted by atomic mass is 10.2. The molecule has 0 unspecified atom stereocenters. The predicted octanol–water partition coefficient (Wildman–Crippen LogP) is 3.43. The summed E-state index contributed by atoms with van der Waals surface area (Å²) in [6.07, 6.45) is 0. The maximum atomic E-state index is 5.99. The highest BCUT2D eigenvalue weighted by Gasteiger charge is 2.06. The van der Waals surface area contributed by atoms with E-state index in [2.05, 4.69) is 12.6 Å². The number of nitrogens with two attached hydrogens (primary N) is 1. The second-order valence-electron chi connectivity index (χ2n) is 2.46. The Balaban J connectivity index is 2.97. The molecule has 0 aliphatic heterocycles. The molecule has 0 aliphatic rings. The fourth-order valence-corrected chi connectivity index (χ4v) is 2.66. The fourth-order valence-electron chi connectivity index (χ4n) is 1.10. The van der Waals surface area contributed by atoms with Crippen LogP contribution in [0.2, 0.25) is 5.02 Å². The third-order valence-electron chi connectivity index (χ3n) is 1.69. The van der Waals surface area contributed by atoms with Gasteiger partial charge in [0.15, 0.2) is 0 Å². The van der Waals surface area contributed by atoms with Crippen LogP contribution in [0.4, 0.5) is 5.69 Å². The highest BCUT2D eigenvalue weighted by Crippen LogP contribution is 2.36. The van der Waals surface area contributed by atoms with Crippen LogP contribution in [0.3, 0.4) is 0 Å². The Bertz CT molecular complexity index is 436. The summed E-state index contributed by atoms with van der Waals surface area (Å²) in [4.78, 5) is 0.883. The van der Waals surface area contributed by atoms with Gasteiger partial charge in [-0.15, -0.1) is 24.0 Å². The van der Waals surface area contributed by atoms with E-state index in [4.69, 9.17) is 17.3 Å². The Labute approximate surface area is 84.6 Å². The lowest BCUT2D eigenvalue weighted by Crippen LogP contribution is -1.85. The molecule has 2 N–H and O–H groups in total. The quantitative estimate of drug-likeness (QED) is 0.511. The first-order chi connectivity index (χ1) is 5.70. The van der Waals surface area contributed by atoms with Crippen molar-refractivity contribution in [3.05, 3.63) is 22.5 Å². The van der Waals surface area contributed by atoms with E-state index in [0.29, 0.717) is 10.7 Å². The van der Waals surface area contributed by atoms with E-state index in [9.17, 15) is 0 Å². The highest BCUT2D eigenvalue weighted by molar-refractivity contribution is 7.80. The van der Waals surface area contributed by atoms with Gasteiger partial charge in [-0.25, -0.2) is 0 Å². The number of hydrogen-bond acceptors (Lipinski definition) is 3. The number of fused-ring (bicyclic) bond motifs is 1. The van der Waals surface area contributed by atoms with Crippen LogP contribution in [0.5, 0.6) is 0 Å². The van der Waals surface area contributed by atoms with Crippen LogP contribution in [-0.2, 0) is 0 Å². The van der Waals surface area contributed by atoms with E-state index in [1.54, 1.807) is 17.4 Å². The second kappa shape index (κ2) is 2.83. The van der Waals surface area contributed by atoms with Crippen molar-refractivity contribution in [3.63, 3.8) is 0 Å². The predicted molar refractivity (Wildman–Crippen MR) is 58.5 cm³/mol. The van der Waals surface area contributed by atoms with Crippen LogP contribution < -0.4 is 5.73 Å². The first-order valence-corrected chi connectivity index (χ1v) is 5.05. The van der Waals surface area contributed by atoms with Crippen LogP contribution in [-0.4, -0.2) is 0 Å². The summed E-state index contributed by atoms with van der Waals surface area (Å²) in [5, 5.41) is 3.69. The van der Waals surface area contributed by atoms with E-state index < -0.39 is 0 Å². The van der Waals surface area contributed by atoms with E-state index in [-0.39, 0.29) is 0 Å².